The van der Waals surface area contributed by atoms with Crippen LogP contribution < -0.4 is 0 Å². The van der Waals surface area contributed by atoms with Crippen LogP contribution in [0.5, 0.6) is 0 Å². The summed E-state index contributed by atoms with van der Waals surface area (Å²) in [5.41, 5.74) is 1.13. The molecule has 1 saturated carbocycles. The second-order valence-corrected chi connectivity index (χ2v) is 7.48. The molecule has 2 aliphatic rings. The molecule has 1 amide bonds. The fourth-order valence-corrected chi connectivity index (χ4v) is 3.88. The van der Waals surface area contributed by atoms with Gasteiger partial charge in [-0.15, -0.1) is 0 Å². The Morgan fingerprint density at radius 2 is 1.93 bits per heavy atom. The van der Waals surface area contributed by atoms with E-state index in [4.69, 9.17) is 9.47 Å². The van der Waals surface area contributed by atoms with Crippen LogP contribution in [0, 0.1) is 0 Å². The van der Waals surface area contributed by atoms with Crippen molar-refractivity contribution >= 4 is 12.1 Å². The number of ether oxygens (including phenoxy) is 2. The van der Waals surface area contributed by atoms with Gasteiger partial charge in [0.2, 0.25) is 0 Å². The highest BCUT2D eigenvalue weighted by atomic mass is 16.6. The van der Waals surface area contributed by atoms with Gasteiger partial charge in [-0.2, -0.15) is 0 Å². The maximum atomic E-state index is 12.6. The van der Waals surface area contributed by atoms with Gasteiger partial charge in [-0.05, 0) is 69.4 Å². The van der Waals surface area contributed by atoms with Crippen LogP contribution in [0.1, 0.15) is 63.4 Å². The number of piperidine rings is 1. The van der Waals surface area contributed by atoms with Crippen LogP contribution in [0.4, 0.5) is 4.79 Å². The number of hydrogen-bond donors (Lipinski definition) is 0. The zero-order valence-corrected chi connectivity index (χ0v) is 16.0. The van der Waals surface area contributed by atoms with Gasteiger partial charge in [0.25, 0.3) is 0 Å². The van der Waals surface area contributed by atoms with Gasteiger partial charge in [0, 0.05) is 18.9 Å². The van der Waals surface area contributed by atoms with Crippen molar-refractivity contribution in [2.24, 2.45) is 0 Å². The predicted octanol–water partition coefficient (Wildman–Crippen LogP) is 3.88. The summed E-state index contributed by atoms with van der Waals surface area (Å²) in [5, 5.41) is 0. The first-order valence-electron chi connectivity index (χ1n) is 10.3. The number of carbonyl (C=O) groups excluding carboxylic acids is 2. The van der Waals surface area contributed by atoms with Crippen molar-refractivity contribution in [2.75, 3.05) is 13.2 Å². The van der Waals surface area contributed by atoms with Crippen molar-refractivity contribution in [2.45, 2.75) is 76.4 Å². The number of likely N-dealkylation sites (tertiary alicyclic amines) is 1. The van der Waals surface area contributed by atoms with E-state index in [1.165, 1.54) is 6.42 Å². The van der Waals surface area contributed by atoms with E-state index in [0.29, 0.717) is 19.6 Å². The normalized spacial score (nSPS) is 20.9. The monoisotopic (exact) mass is 374 g/mol. The maximum absolute atomic E-state index is 12.6. The molecule has 6 heteroatoms. The molecule has 0 spiro atoms. The van der Waals surface area contributed by atoms with Crippen molar-refractivity contribution in [3.63, 3.8) is 0 Å². The number of pyridine rings is 1. The first-order valence-corrected chi connectivity index (χ1v) is 10.3. The fourth-order valence-electron chi connectivity index (χ4n) is 3.88. The highest BCUT2D eigenvalue weighted by Crippen LogP contribution is 2.24. The van der Waals surface area contributed by atoms with Gasteiger partial charge in [0.1, 0.15) is 12.1 Å². The molecule has 2 fully saturated rings. The Bertz CT molecular complexity index is 601. The zero-order valence-electron chi connectivity index (χ0n) is 16.0. The van der Waals surface area contributed by atoms with Gasteiger partial charge in [-0.25, -0.2) is 9.59 Å². The number of aryl methyl sites for hydroxylation is 1. The van der Waals surface area contributed by atoms with Crippen LogP contribution in [-0.4, -0.2) is 47.2 Å². The van der Waals surface area contributed by atoms with E-state index in [1.807, 2.05) is 18.3 Å². The van der Waals surface area contributed by atoms with E-state index >= 15 is 0 Å². The van der Waals surface area contributed by atoms with E-state index in [0.717, 1.165) is 56.9 Å². The van der Waals surface area contributed by atoms with Crippen LogP contribution in [-0.2, 0) is 20.7 Å². The van der Waals surface area contributed by atoms with Gasteiger partial charge < -0.3 is 9.47 Å². The summed E-state index contributed by atoms with van der Waals surface area (Å²) in [6.07, 6.45) is 12.6. The van der Waals surface area contributed by atoms with E-state index in [2.05, 4.69) is 4.98 Å². The first-order chi connectivity index (χ1) is 13.2. The molecular formula is C21H30N2O4. The van der Waals surface area contributed by atoms with Crippen LogP contribution >= 0.6 is 0 Å². The molecule has 6 nitrogen and oxygen atoms in total. The van der Waals surface area contributed by atoms with Crippen molar-refractivity contribution in [3.8, 4) is 0 Å². The molecule has 1 aromatic rings. The second kappa shape index (κ2) is 10.3. The van der Waals surface area contributed by atoms with Crippen LogP contribution in [0.2, 0.25) is 0 Å². The third kappa shape index (κ3) is 5.94. The Kier molecular flexibility index (Phi) is 7.48. The average Bonchev–Trinajstić information content (AvgIpc) is 2.72. The highest BCUT2D eigenvalue weighted by molar-refractivity contribution is 5.81. The lowest BCUT2D eigenvalue weighted by molar-refractivity contribution is -0.151. The van der Waals surface area contributed by atoms with Gasteiger partial charge in [-0.1, -0.05) is 12.5 Å². The summed E-state index contributed by atoms with van der Waals surface area (Å²) in [6, 6.07) is 3.41. The van der Waals surface area contributed by atoms with Crippen LogP contribution in [0.3, 0.4) is 0 Å². The number of rotatable bonds is 6. The average molecular weight is 374 g/mol. The molecule has 0 radical (unpaired) electrons. The largest absolute Gasteiger partial charge is 0.464 e. The number of hydrogen-bond acceptors (Lipinski definition) is 5. The third-order valence-corrected chi connectivity index (χ3v) is 5.41. The topological polar surface area (TPSA) is 68.7 Å². The summed E-state index contributed by atoms with van der Waals surface area (Å²) in [6.45, 7) is 0.927. The number of aromatic nitrogens is 1. The van der Waals surface area contributed by atoms with E-state index in [-0.39, 0.29) is 18.2 Å². The minimum atomic E-state index is -0.506. The molecule has 1 aliphatic carbocycles. The Labute approximate surface area is 161 Å². The Balaban J connectivity index is 1.45. The predicted molar refractivity (Wildman–Crippen MR) is 101 cm³/mol. The molecule has 0 aromatic carbocycles. The minimum Gasteiger partial charge on any atom is -0.464 e. The fraction of sp³-hybridized carbons (Fsp3) is 0.667. The third-order valence-electron chi connectivity index (χ3n) is 5.41. The van der Waals surface area contributed by atoms with Crippen molar-refractivity contribution in [3.05, 3.63) is 30.1 Å². The lowest BCUT2D eigenvalue weighted by Crippen LogP contribution is -2.49. The number of amides is 1. The SMILES string of the molecule is O=C(OCCCc1cccnc1)[C@@H]1CCCCN1C(=O)OC1CCCCC1. The molecule has 1 atom stereocenters. The molecule has 0 N–H and O–H groups in total. The summed E-state index contributed by atoms with van der Waals surface area (Å²) >= 11 is 0. The zero-order chi connectivity index (χ0) is 18.9. The molecule has 27 heavy (non-hydrogen) atoms. The quantitative estimate of drug-likeness (QED) is 0.558. The van der Waals surface area contributed by atoms with Crippen molar-refractivity contribution in [1.82, 2.24) is 9.88 Å². The molecule has 1 saturated heterocycles. The molecule has 0 unspecified atom stereocenters. The lowest BCUT2D eigenvalue weighted by atomic mass is 9.98. The molecule has 2 heterocycles. The standard InChI is InChI=1S/C21H30N2O4/c24-20(26-15-7-9-17-8-6-13-22-16-17)19-12-4-5-14-23(19)21(25)27-18-10-2-1-3-11-18/h6,8,13,16,18-19H,1-5,7,9-12,14-15H2/t19-/m0/s1. The summed E-state index contributed by atoms with van der Waals surface area (Å²) in [7, 11) is 0. The summed E-state index contributed by atoms with van der Waals surface area (Å²) in [5.74, 6) is -0.304. The van der Waals surface area contributed by atoms with E-state index in [1.54, 1.807) is 11.1 Å². The van der Waals surface area contributed by atoms with Gasteiger partial charge in [-0.3, -0.25) is 9.88 Å². The molecule has 148 valence electrons. The number of carbonyl (C=O) groups is 2. The summed E-state index contributed by atoms with van der Waals surface area (Å²) in [4.78, 5) is 30.8. The molecule has 1 aliphatic heterocycles. The van der Waals surface area contributed by atoms with Gasteiger partial charge in [0.05, 0.1) is 6.61 Å². The van der Waals surface area contributed by atoms with Crippen LogP contribution in [0.25, 0.3) is 0 Å². The molecule has 0 bridgehead atoms. The molecule has 1 aromatic heterocycles. The Hall–Kier alpha value is -2.11. The van der Waals surface area contributed by atoms with Gasteiger partial charge in [0.15, 0.2) is 0 Å². The maximum Gasteiger partial charge on any atom is 0.410 e. The first kappa shape index (κ1) is 19.6. The second-order valence-electron chi connectivity index (χ2n) is 7.48. The van der Waals surface area contributed by atoms with E-state index < -0.39 is 6.04 Å². The van der Waals surface area contributed by atoms with Crippen LogP contribution in [0.15, 0.2) is 24.5 Å². The lowest BCUT2D eigenvalue weighted by Gasteiger charge is -2.34. The highest BCUT2D eigenvalue weighted by Gasteiger charge is 2.35. The molecule has 3 rings (SSSR count). The number of nitrogens with zero attached hydrogens (tertiary/aromatic N) is 2. The van der Waals surface area contributed by atoms with Gasteiger partial charge >= 0.3 is 12.1 Å². The Morgan fingerprint density at radius 3 is 2.70 bits per heavy atom. The van der Waals surface area contributed by atoms with Crippen molar-refractivity contribution in [1.29, 1.82) is 0 Å². The Morgan fingerprint density at radius 1 is 1.11 bits per heavy atom. The minimum absolute atomic E-state index is 0.00401. The number of esters is 1. The van der Waals surface area contributed by atoms with Crippen molar-refractivity contribution < 1.29 is 19.1 Å². The smallest absolute Gasteiger partial charge is 0.410 e. The molecular weight excluding hydrogens is 344 g/mol. The van der Waals surface area contributed by atoms with E-state index in [9.17, 15) is 9.59 Å². The summed E-state index contributed by atoms with van der Waals surface area (Å²) < 4.78 is 11.1.